The van der Waals surface area contributed by atoms with E-state index in [4.69, 9.17) is 0 Å². The summed E-state index contributed by atoms with van der Waals surface area (Å²) in [4.78, 5) is 15.3. The largest absolute Gasteiger partial charge is 0.331 e. The minimum atomic E-state index is 0.307. The van der Waals surface area contributed by atoms with Crippen LogP contribution in [0.1, 0.15) is 25.5 Å². The van der Waals surface area contributed by atoms with Crippen LogP contribution in [-0.2, 0) is 4.79 Å². The number of nitrogens with zero attached hydrogens (tertiary/aromatic N) is 2. The Morgan fingerprint density at radius 1 is 1.24 bits per heavy atom. The maximum atomic E-state index is 10.7. The molecule has 0 saturated heterocycles. The third-order valence-electron chi connectivity index (χ3n) is 3.13. The number of anilines is 1. The lowest BCUT2D eigenvalue weighted by molar-refractivity contribution is -0.105. The second kappa shape index (κ2) is 6.70. The van der Waals surface area contributed by atoms with Crippen LogP contribution in [0.15, 0.2) is 60.2 Å². The molecule has 2 rings (SSSR count). The van der Waals surface area contributed by atoms with Gasteiger partial charge in [-0.2, -0.15) is 0 Å². The molecule has 4 nitrogen and oxygen atoms in total. The smallest absolute Gasteiger partial charge is 0.211 e. The predicted octanol–water partition coefficient (Wildman–Crippen LogP) is 3.21. The van der Waals surface area contributed by atoms with Crippen LogP contribution in [-0.4, -0.2) is 11.0 Å². The Morgan fingerprint density at radius 2 is 1.95 bits per heavy atom. The van der Waals surface area contributed by atoms with Crippen LogP contribution in [0.4, 0.5) is 5.69 Å². The summed E-state index contributed by atoms with van der Waals surface area (Å²) >= 11 is 0. The molecule has 1 heterocycles. The molecule has 2 aromatic rings. The van der Waals surface area contributed by atoms with Crippen molar-refractivity contribution in [1.29, 1.82) is 0 Å². The van der Waals surface area contributed by atoms with E-state index in [0.29, 0.717) is 23.8 Å². The predicted molar refractivity (Wildman–Crippen MR) is 85.5 cm³/mol. The minimum absolute atomic E-state index is 0.307. The van der Waals surface area contributed by atoms with E-state index in [2.05, 4.69) is 35.3 Å². The first-order valence-electron chi connectivity index (χ1n) is 6.84. The van der Waals surface area contributed by atoms with E-state index in [9.17, 15) is 4.79 Å². The van der Waals surface area contributed by atoms with Gasteiger partial charge in [0.1, 0.15) is 5.49 Å². The zero-order valence-electron chi connectivity index (χ0n) is 12.3. The number of carbonyl (C=O) groups excluding carboxylic acids is 1. The van der Waals surface area contributed by atoms with E-state index in [0.717, 1.165) is 11.1 Å². The van der Waals surface area contributed by atoms with Gasteiger partial charge in [0.2, 0.25) is 6.41 Å². The van der Waals surface area contributed by atoms with Crippen molar-refractivity contribution in [2.24, 2.45) is 4.99 Å². The van der Waals surface area contributed by atoms with Gasteiger partial charge in [0.25, 0.3) is 0 Å². The first-order chi connectivity index (χ1) is 10.1. The normalized spacial score (nSPS) is 11.5. The fraction of sp³-hybridized carbons (Fsp3) is 0.176. The molecule has 0 radical (unpaired) electrons. The molecule has 0 fully saturated rings. The minimum Gasteiger partial charge on any atom is -0.331 e. The van der Waals surface area contributed by atoms with E-state index in [1.54, 1.807) is 0 Å². The monoisotopic (exact) mass is 281 g/mol. The number of amides is 1. The van der Waals surface area contributed by atoms with Crippen molar-refractivity contribution in [3.8, 4) is 0 Å². The summed E-state index contributed by atoms with van der Waals surface area (Å²) in [5.41, 5.74) is 2.95. The molecular formula is C17H19N3O. The van der Waals surface area contributed by atoms with Crippen molar-refractivity contribution < 1.29 is 4.79 Å². The fourth-order valence-corrected chi connectivity index (χ4v) is 2.10. The Balaban J connectivity index is 2.47. The molecule has 1 amide bonds. The fourth-order valence-electron chi connectivity index (χ4n) is 2.10. The topological polar surface area (TPSA) is 46.4 Å². The summed E-state index contributed by atoms with van der Waals surface area (Å²) in [6.07, 6.45) is 2.65. The van der Waals surface area contributed by atoms with Gasteiger partial charge in [-0.05, 0) is 32.0 Å². The summed E-state index contributed by atoms with van der Waals surface area (Å²) in [6, 6.07) is 13.6. The Bertz CT molecular complexity index is 714. The van der Waals surface area contributed by atoms with Crippen LogP contribution in [0.5, 0.6) is 0 Å². The molecule has 0 aliphatic carbocycles. The molecule has 0 unspecified atom stereocenters. The van der Waals surface area contributed by atoms with Crippen molar-refractivity contribution in [3.05, 3.63) is 66.3 Å². The second-order valence-corrected chi connectivity index (χ2v) is 4.93. The summed E-state index contributed by atoms with van der Waals surface area (Å²) in [7, 11) is 0. The highest BCUT2D eigenvalue weighted by atomic mass is 16.1. The first-order valence-corrected chi connectivity index (χ1v) is 6.84. The second-order valence-electron chi connectivity index (χ2n) is 4.93. The van der Waals surface area contributed by atoms with Crippen LogP contribution < -0.4 is 10.8 Å². The molecule has 1 aromatic carbocycles. The number of hydrogen-bond acceptors (Lipinski definition) is 2. The van der Waals surface area contributed by atoms with Crippen LogP contribution in [0.2, 0.25) is 0 Å². The standard InChI is InChI=1S/C17H19N3O/c1-13(2)20-11-7-6-10-17(20)19-14(3)15-8-4-5-9-16(15)18-12-21/h4-13H,3H2,1-2H3,(H,18,21). The van der Waals surface area contributed by atoms with Gasteiger partial charge in [-0.25, -0.2) is 4.99 Å². The van der Waals surface area contributed by atoms with E-state index < -0.39 is 0 Å². The van der Waals surface area contributed by atoms with Gasteiger partial charge < -0.3 is 9.88 Å². The van der Waals surface area contributed by atoms with Gasteiger partial charge in [0.05, 0.1) is 5.70 Å². The molecule has 0 spiro atoms. The lowest BCUT2D eigenvalue weighted by Crippen LogP contribution is -2.21. The van der Waals surface area contributed by atoms with Crippen molar-refractivity contribution in [2.45, 2.75) is 19.9 Å². The van der Waals surface area contributed by atoms with Gasteiger partial charge in [-0.15, -0.1) is 0 Å². The molecule has 1 N–H and O–H groups in total. The van der Waals surface area contributed by atoms with Crippen molar-refractivity contribution in [3.63, 3.8) is 0 Å². The van der Waals surface area contributed by atoms with Crippen LogP contribution in [0.3, 0.4) is 0 Å². The molecule has 0 aliphatic heterocycles. The number of hydrogen-bond donors (Lipinski definition) is 1. The molecular weight excluding hydrogens is 262 g/mol. The van der Waals surface area contributed by atoms with Gasteiger partial charge in [0, 0.05) is 23.5 Å². The number of carbonyl (C=O) groups is 1. The maximum Gasteiger partial charge on any atom is 0.211 e. The summed E-state index contributed by atoms with van der Waals surface area (Å²) in [6.45, 7) is 8.23. The number of nitrogens with one attached hydrogen (secondary N) is 1. The average Bonchev–Trinajstić information content (AvgIpc) is 2.48. The Labute approximate surface area is 124 Å². The lowest BCUT2D eigenvalue weighted by atomic mass is 10.1. The SMILES string of the molecule is C=C(N=c1ccccn1C(C)C)c1ccccc1NC=O. The van der Waals surface area contributed by atoms with Gasteiger partial charge >= 0.3 is 0 Å². The van der Waals surface area contributed by atoms with E-state index in [1.165, 1.54) is 0 Å². The molecule has 1 aromatic heterocycles. The van der Waals surface area contributed by atoms with Gasteiger partial charge in [-0.3, -0.25) is 4.79 Å². The number of para-hydroxylation sites is 1. The summed E-state index contributed by atoms with van der Waals surface area (Å²) < 4.78 is 2.07. The van der Waals surface area contributed by atoms with E-state index in [1.807, 2.05) is 48.7 Å². The third kappa shape index (κ3) is 3.48. The average molecular weight is 281 g/mol. The Hall–Kier alpha value is -2.62. The molecule has 108 valence electrons. The molecule has 0 saturated carbocycles. The third-order valence-corrected chi connectivity index (χ3v) is 3.13. The maximum absolute atomic E-state index is 10.7. The number of aromatic nitrogens is 1. The van der Waals surface area contributed by atoms with Crippen LogP contribution in [0, 0.1) is 0 Å². The molecule has 0 bridgehead atoms. The highest BCUT2D eigenvalue weighted by Gasteiger charge is 2.05. The first kappa shape index (κ1) is 14.8. The van der Waals surface area contributed by atoms with Crippen molar-refractivity contribution in [1.82, 2.24) is 4.57 Å². The zero-order valence-corrected chi connectivity index (χ0v) is 12.3. The Morgan fingerprint density at radius 3 is 2.67 bits per heavy atom. The van der Waals surface area contributed by atoms with E-state index >= 15 is 0 Å². The number of rotatable bonds is 5. The molecule has 21 heavy (non-hydrogen) atoms. The lowest BCUT2D eigenvalue weighted by Gasteiger charge is -2.12. The molecule has 4 heteroatoms. The van der Waals surface area contributed by atoms with Crippen LogP contribution >= 0.6 is 0 Å². The summed E-state index contributed by atoms with van der Waals surface area (Å²) in [5.74, 6) is 0. The molecule has 0 aliphatic rings. The number of benzene rings is 1. The van der Waals surface area contributed by atoms with Gasteiger partial charge in [-0.1, -0.05) is 30.8 Å². The Kier molecular flexibility index (Phi) is 4.72. The highest BCUT2D eigenvalue weighted by Crippen LogP contribution is 2.22. The number of pyridine rings is 1. The zero-order chi connectivity index (χ0) is 15.2. The van der Waals surface area contributed by atoms with Crippen molar-refractivity contribution >= 4 is 17.8 Å². The van der Waals surface area contributed by atoms with Gasteiger partial charge in [0.15, 0.2) is 0 Å². The van der Waals surface area contributed by atoms with Crippen molar-refractivity contribution in [2.75, 3.05) is 5.32 Å². The quantitative estimate of drug-likeness (QED) is 0.840. The highest BCUT2D eigenvalue weighted by molar-refractivity contribution is 5.81. The molecule has 0 atom stereocenters. The van der Waals surface area contributed by atoms with E-state index in [-0.39, 0.29) is 0 Å². The summed E-state index contributed by atoms with van der Waals surface area (Å²) in [5, 5.41) is 2.67. The van der Waals surface area contributed by atoms with Crippen LogP contribution in [0.25, 0.3) is 5.70 Å².